The number of nitrogens with zero attached hydrogens (tertiary/aromatic N) is 1. The number of H-pyrrole nitrogens is 1. The van der Waals surface area contributed by atoms with Gasteiger partial charge in [-0.2, -0.15) is 0 Å². The Balaban J connectivity index is 1.37. The largest absolute Gasteiger partial charge is 0.493 e. The molecule has 1 saturated heterocycles. The number of carbonyl (C=O) groups excluding carboxylic acids is 2. The quantitative estimate of drug-likeness (QED) is 0.312. The van der Waals surface area contributed by atoms with Gasteiger partial charge >= 0.3 is 4.87 Å². The Morgan fingerprint density at radius 3 is 2.45 bits per heavy atom. The molecule has 0 aliphatic carbocycles. The van der Waals surface area contributed by atoms with Crippen LogP contribution in [0.3, 0.4) is 0 Å². The summed E-state index contributed by atoms with van der Waals surface area (Å²) in [5.41, 5.74) is 2.26. The van der Waals surface area contributed by atoms with Crippen LogP contribution in [0.1, 0.15) is 21.9 Å². The fraction of sp³-hybridized carbons (Fsp3) is 0.179. The molecular weight excluding hydrogens is 544 g/mol. The molecule has 3 aromatic carbocycles. The van der Waals surface area contributed by atoms with Crippen LogP contribution in [-0.4, -0.2) is 29.2 Å². The van der Waals surface area contributed by atoms with Crippen LogP contribution >= 0.6 is 34.7 Å². The van der Waals surface area contributed by atoms with Crippen molar-refractivity contribution in [2.24, 2.45) is 5.92 Å². The minimum Gasteiger partial charge on any atom is -0.493 e. The number of anilines is 1. The predicted molar refractivity (Wildman–Crippen MR) is 148 cm³/mol. The van der Waals surface area contributed by atoms with E-state index in [0.717, 1.165) is 27.3 Å². The molecule has 2 amide bonds. The first-order valence-corrected chi connectivity index (χ1v) is 13.9. The van der Waals surface area contributed by atoms with Crippen molar-refractivity contribution in [2.75, 3.05) is 12.0 Å². The molecule has 1 fully saturated rings. The number of thiazole rings is 1. The van der Waals surface area contributed by atoms with Crippen molar-refractivity contribution >= 4 is 52.2 Å². The van der Waals surface area contributed by atoms with Crippen LogP contribution in [0.25, 0.3) is 0 Å². The second-order valence-corrected chi connectivity index (χ2v) is 11.5. The summed E-state index contributed by atoms with van der Waals surface area (Å²) in [5, 5.41) is 0.624. The summed E-state index contributed by atoms with van der Waals surface area (Å²) in [6, 6.07) is 21.8. The molecule has 0 spiro atoms. The molecule has 1 N–H and O–H groups in total. The predicted octanol–water partition coefficient (Wildman–Crippen LogP) is 5.47. The third kappa shape index (κ3) is 4.30. The topological polar surface area (TPSA) is 88.7 Å². The van der Waals surface area contributed by atoms with Crippen LogP contribution in [-0.2, 0) is 16.2 Å². The molecule has 7 nitrogen and oxygen atoms in total. The zero-order valence-corrected chi connectivity index (χ0v) is 22.4. The summed E-state index contributed by atoms with van der Waals surface area (Å²) in [4.78, 5) is 44.3. The summed E-state index contributed by atoms with van der Waals surface area (Å²) in [6.45, 7) is 0.320. The highest BCUT2D eigenvalue weighted by atomic mass is 35.5. The van der Waals surface area contributed by atoms with Gasteiger partial charge in [0.25, 0.3) is 0 Å². The zero-order chi connectivity index (χ0) is 26.4. The average Bonchev–Trinajstić information content (AvgIpc) is 3.42. The highest BCUT2D eigenvalue weighted by Gasteiger charge is 2.56. The van der Waals surface area contributed by atoms with Gasteiger partial charge in [-0.25, -0.2) is 4.90 Å². The molecule has 1 aromatic heterocycles. The van der Waals surface area contributed by atoms with Gasteiger partial charge < -0.3 is 14.5 Å². The number of aromatic amines is 1. The molecule has 192 valence electrons. The van der Waals surface area contributed by atoms with E-state index < -0.39 is 17.1 Å². The highest BCUT2D eigenvalue weighted by Crippen LogP contribution is 2.53. The van der Waals surface area contributed by atoms with Gasteiger partial charge in [0.1, 0.15) is 11.9 Å². The lowest BCUT2D eigenvalue weighted by molar-refractivity contribution is -0.122. The number of fused-ring (bicyclic) bond motifs is 2. The van der Waals surface area contributed by atoms with E-state index in [0.29, 0.717) is 33.8 Å². The molecule has 0 saturated carbocycles. The Hall–Kier alpha value is -3.53. The van der Waals surface area contributed by atoms with Gasteiger partial charge in [0.05, 0.1) is 23.7 Å². The number of aromatic nitrogens is 1. The molecule has 38 heavy (non-hydrogen) atoms. The maximum Gasteiger partial charge on any atom is 0.305 e. The Morgan fingerprint density at radius 1 is 0.947 bits per heavy atom. The van der Waals surface area contributed by atoms with Gasteiger partial charge in [-0.3, -0.25) is 14.4 Å². The normalized spacial score (nSPS) is 20.3. The van der Waals surface area contributed by atoms with E-state index in [1.807, 2.05) is 30.3 Å². The van der Waals surface area contributed by atoms with Gasteiger partial charge in [0.2, 0.25) is 11.8 Å². The lowest BCUT2D eigenvalue weighted by Gasteiger charge is -2.30. The Labute approximate surface area is 231 Å². The molecular formula is C28H21ClN2O5S2. The van der Waals surface area contributed by atoms with Crippen LogP contribution in [0, 0.1) is 5.92 Å². The molecule has 0 radical (unpaired) electrons. The lowest BCUT2D eigenvalue weighted by Crippen LogP contribution is -2.32. The van der Waals surface area contributed by atoms with Gasteiger partial charge in [-0.1, -0.05) is 71.1 Å². The first kappa shape index (κ1) is 24.8. The number of rotatable bonds is 6. The van der Waals surface area contributed by atoms with Gasteiger partial charge in [-0.05, 0) is 47.5 Å². The number of thioether (sulfide) groups is 1. The maximum atomic E-state index is 13.8. The average molecular weight is 565 g/mol. The summed E-state index contributed by atoms with van der Waals surface area (Å²) in [5.74, 6) is -0.699. The summed E-state index contributed by atoms with van der Waals surface area (Å²) < 4.78 is 11.7. The number of hydrogen-bond donors (Lipinski definition) is 1. The van der Waals surface area contributed by atoms with Crippen molar-refractivity contribution in [3.8, 4) is 11.5 Å². The molecule has 3 heterocycles. The van der Waals surface area contributed by atoms with E-state index in [4.69, 9.17) is 21.1 Å². The second kappa shape index (κ2) is 9.98. The van der Waals surface area contributed by atoms with E-state index in [1.165, 1.54) is 16.7 Å². The second-order valence-electron chi connectivity index (χ2n) is 8.92. The number of halogens is 1. The lowest BCUT2D eigenvalue weighted by atomic mass is 9.83. The van der Waals surface area contributed by atoms with Crippen molar-refractivity contribution in [3.63, 3.8) is 0 Å². The fourth-order valence-electron chi connectivity index (χ4n) is 4.95. The van der Waals surface area contributed by atoms with Crippen LogP contribution in [0.5, 0.6) is 11.5 Å². The van der Waals surface area contributed by atoms with E-state index in [2.05, 4.69) is 4.98 Å². The summed E-state index contributed by atoms with van der Waals surface area (Å²) >= 11 is 8.30. The van der Waals surface area contributed by atoms with Crippen molar-refractivity contribution in [2.45, 2.75) is 22.8 Å². The first-order valence-electron chi connectivity index (χ1n) is 11.8. The number of amides is 2. The number of para-hydroxylation sites is 1. The van der Waals surface area contributed by atoms with Gasteiger partial charge in [-0.15, -0.1) is 0 Å². The Morgan fingerprint density at radius 2 is 1.71 bits per heavy atom. The fourth-order valence-corrected chi connectivity index (χ4v) is 7.59. The van der Waals surface area contributed by atoms with Crippen LogP contribution in [0.4, 0.5) is 5.69 Å². The maximum absolute atomic E-state index is 13.8. The van der Waals surface area contributed by atoms with E-state index in [1.54, 1.807) is 49.6 Å². The van der Waals surface area contributed by atoms with Crippen LogP contribution in [0.15, 0.2) is 82.6 Å². The smallest absolute Gasteiger partial charge is 0.305 e. The first-order chi connectivity index (χ1) is 18.4. The molecule has 2 aliphatic rings. The van der Waals surface area contributed by atoms with Gasteiger partial charge in [0.15, 0.2) is 11.5 Å². The van der Waals surface area contributed by atoms with Crippen LogP contribution < -0.4 is 19.2 Å². The molecule has 2 aliphatic heterocycles. The number of ether oxygens (including phenoxy) is 2. The molecule has 3 atom stereocenters. The van der Waals surface area contributed by atoms with Crippen molar-refractivity contribution in [1.82, 2.24) is 4.98 Å². The molecule has 10 heteroatoms. The molecule has 4 aromatic rings. The van der Waals surface area contributed by atoms with Crippen molar-refractivity contribution in [1.29, 1.82) is 0 Å². The number of hydrogen-bond acceptors (Lipinski definition) is 7. The standard InChI is InChI=1S/C28H21ClN2O5S2/c1-35-20-13-16(9-12-19(20)36-14-15-7-10-17(29)11-8-15)21-22-24(37-25-23(21)38-28(34)30-25)27(33)31(26(22)32)18-5-3-2-4-6-18/h2-13,21-22,24H,14H2,1H3,(H,30,34). The van der Waals surface area contributed by atoms with E-state index >= 15 is 0 Å². The molecule has 3 unspecified atom stereocenters. The third-order valence-electron chi connectivity index (χ3n) is 6.69. The number of methoxy groups -OCH3 is 1. The van der Waals surface area contributed by atoms with Crippen molar-refractivity contribution < 1.29 is 19.1 Å². The Bertz CT molecular complexity index is 1590. The zero-order valence-electron chi connectivity index (χ0n) is 20.1. The van der Waals surface area contributed by atoms with Crippen LogP contribution in [0.2, 0.25) is 5.02 Å². The molecule has 6 rings (SSSR count). The van der Waals surface area contributed by atoms with E-state index in [-0.39, 0.29) is 16.7 Å². The monoisotopic (exact) mass is 564 g/mol. The SMILES string of the molecule is COc1cc(C2c3sc(=O)[nH]c3SC3C(=O)N(c4ccccc4)C(=O)C32)ccc1OCc1ccc(Cl)cc1. The number of imide groups is 1. The summed E-state index contributed by atoms with van der Waals surface area (Å²) in [6.07, 6.45) is 0. The number of carbonyl (C=O) groups is 2. The van der Waals surface area contributed by atoms with Gasteiger partial charge in [0, 0.05) is 15.8 Å². The number of nitrogens with one attached hydrogen (secondary N) is 1. The van der Waals surface area contributed by atoms with E-state index in [9.17, 15) is 14.4 Å². The minimum atomic E-state index is -0.669. The third-order valence-corrected chi connectivity index (χ3v) is 9.35. The minimum absolute atomic E-state index is 0.220. The number of benzene rings is 3. The summed E-state index contributed by atoms with van der Waals surface area (Å²) in [7, 11) is 1.55. The molecule has 0 bridgehead atoms. The van der Waals surface area contributed by atoms with Crippen molar-refractivity contribution in [3.05, 3.63) is 103 Å². The highest BCUT2D eigenvalue weighted by molar-refractivity contribution is 8.00. The Kier molecular flexibility index (Phi) is 6.51.